The molecule has 2 rings (SSSR count). The van der Waals surface area contributed by atoms with Gasteiger partial charge in [-0.25, -0.2) is 4.98 Å². The van der Waals surface area contributed by atoms with Crippen molar-refractivity contribution in [1.29, 1.82) is 0 Å². The molecular weight excluding hydrogens is 246 g/mol. The van der Waals surface area contributed by atoms with Gasteiger partial charge in [0.25, 0.3) is 5.91 Å². The van der Waals surface area contributed by atoms with Gasteiger partial charge in [-0.2, -0.15) is 0 Å². The van der Waals surface area contributed by atoms with E-state index < -0.39 is 11.8 Å². The molecular formula is C12H13N5O2. The molecule has 7 nitrogen and oxygen atoms in total. The van der Waals surface area contributed by atoms with E-state index in [1.165, 1.54) is 6.07 Å². The van der Waals surface area contributed by atoms with Gasteiger partial charge in [-0.3, -0.25) is 15.4 Å². The summed E-state index contributed by atoms with van der Waals surface area (Å²) in [5, 5.41) is 3.17. The number of nitrogen functional groups attached to an aromatic ring is 1. The van der Waals surface area contributed by atoms with Crippen LogP contribution in [0.15, 0.2) is 30.3 Å². The third-order valence-corrected chi connectivity index (χ3v) is 2.53. The Balaban J connectivity index is 2.39. The van der Waals surface area contributed by atoms with Crippen LogP contribution in [0.25, 0.3) is 10.9 Å². The van der Waals surface area contributed by atoms with Gasteiger partial charge in [0, 0.05) is 5.39 Å². The number of nitrogens with zero attached hydrogens (tertiary/aromatic N) is 1. The van der Waals surface area contributed by atoms with Crippen LogP contribution in [0.2, 0.25) is 0 Å². The van der Waals surface area contributed by atoms with Gasteiger partial charge in [-0.15, -0.1) is 0 Å². The van der Waals surface area contributed by atoms with Gasteiger partial charge < -0.3 is 16.5 Å². The van der Waals surface area contributed by atoms with Crippen LogP contribution in [0.5, 0.6) is 0 Å². The summed E-state index contributed by atoms with van der Waals surface area (Å²) in [5.41, 5.74) is 8.84. The molecule has 0 aliphatic carbocycles. The predicted octanol–water partition coefficient (Wildman–Crippen LogP) is -0.264. The molecule has 0 radical (unpaired) electrons. The highest BCUT2D eigenvalue weighted by Gasteiger charge is 2.11. The van der Waals surface area contributed by atoms with E-state index in [4.69, 9.17) is 11.6 Å². The second-order valence-electron chi connectivity index (χ2n) is 3.87. The van der Waals surface area contributed by atoms with Gasteiger partial charge >= 0.3 is 0 Å². The summed E-state index contributed by atoms with van der Waals surface area (Å²) in [5.74, 6) is 4.32. The number of carbonyl (C=O) groups is 2. The Morgan fingerprint density at radius 3 is 2.68 bits per heavy atom. The number of hydrazine groups is 1. The number of nitrogens with two attached hydrogens (primary N) is 2. The minimum Gasteiger partial charge on any atom is -0.368 e. The Morgan fingerprint density at radius 2 is 2.00 bits per heavy atom. The number of hydrogen-bond donors (Lipinski definition) is 4. The summed E-state index contributed by atoms with van der Waals surface area (Å²) in [6, 6.07) is 8.76. The number of nitrogens with one attached hydrogen (secondary N) is 2. The van der Waals surface area contributed by atoms with Crippen molar-refractivity contribution in [3.8, 4) is 0 Å². The molecule has 0 spiro atoms. The Bertz CT molecular complexity index is 641. The van der Waals surface area contributed by atoms with Crippen LogP contribution >= 0.6 is 0 Å². The highest BCUT2D eigenvalue weighted by atomic mass is 16.2. The lowest BCUT2D eigenvalue weighted by Crippen LogP contribution is -2.33. The molecule has 2 aromatic rings. The molecule has 0 bridgehead atoms. The molecule has 7 heteroatoms. The van der Waals surface area contributed by atoms with Crippen molar-refractivity contribution in [1.82, 2.24) is 10.3 Å². The molecule has 0 saturated carbocycles. The van der Waals surface area contributed by atoms with Crippen molar-refractivity contribution < 1.29 is 9.59 Å². The van der Waals surface area contributed by atoms with Crippen LogP contribution in [-0.4, -0.2) is 23.3 Å². The summed E-state index contributed by atoms with van der Waals surface area (Å²) in [4.78, 5) is 26.6. The summed E-state index contributed by atoms with van der Waals surface area (Å²) in [6.45, 7) is -0.237. The maximum Gasteiger partial charge on any atom is 0.270 e. The number of aromatic nitrogens is 1. The Kier molecular flexibility index (Phi) is 3.58. The third kappa shape index (κ3) is 2.78. The lowest BCUT2D eigenvalue weighted by atomic mass is 10.1. The number of rotatable bonds is 4. The molecule has 0 atom stereocenters. The number of fused-ring (bicyclic) bond motifs is 1. The van der Waals surface area contributed by atoms with Crippen molar-refractivity contribution in [2.75, 3.05) is 12.0 Å². The molecule has 0 saturated heterocycles. The van der Waals surface area contributed by atoms with Gasteiger partial charge in [0.05, 0.1) is 17.7 Å². The van der Waals surface area contributed by atoms with Crippen LogP contribution in [0.4, 0.5) is 5.69 Å². The quantitative estimate of drug-likeness (QED) is 0.445. The average molecular weight is 259 g/mol. The number of pyridine rings is 1. The molecule has 0 aliphatic rings. The van der Waals surface area contributed by atoms with Crippen LogP contribution < -0.4 is 22.3 Å². The number of benzene rings is 1. The van der Waals surface area contributed by atoms with E-state index in [1.807, 2.05) is 12.1 Å². The lowest BCUT2D eigenvalue weighted by molar-refractivity contribution is -0.117. The molecule has 0 unspecified atom stereocenters. The van der Waals surface area contributed by atoms with Crippen LogP contribution in [0, 0.1) is 0 Å². The zero-order valence-corrected chi connectivity index (χ0v) is 10.0. The highest BCUT2D eigenvalue weighted by molar-refractivity contribution is 6.00. The normalized spacial score (nSPS) is 10.2. The van der Waals surface area contributed by atoms with E-state index in [0.717, 1.165) is 5.39 Å². The standard InChI is InChI=1S/C12H13N5O2/c13-11(18)6-15-12(19)10-5-9(17-14)7-3-1-2-4-8(7)16-10/h1-5H,6,14H2,(H2,13,18)(H,15,19)(H,16,17). The Hall–Kier alpha value is -2.67. The fraction of sp³-hybridized carbons (Fsp3) is 0.0833. The first-order valence-corrected chi connectivity index (χ1v) is 5.54. The van der Waals surface area contributed by atoms with Crippen LogP contribution in [-0.2, 0) is 4.79 Å². The number of para-hydroxylation sites is 1. The molecule has 6 N–H and O–H groups in total. The first-order chi connectivity index (χ1) is 9.11. The number of amides is 2. The van der Waals surface area contributed by atoms with E-state index in [-0.39, 0.29) is 12.2 Å². The van der Waals surface area contributed by atoms with Gasteiger partial charge in [-0.05, 0) is 12.1 Å². The molecule has 0 aliphatic heterocycles. The first-order valence-electron chi connectivity index (χ1n) is 5.54. The molecule has 1 aromatic carbocycles. The zero-order valence-electron chi connectivity index (χ0n) is 10.0. The number of primary amides is 1. The first kappa shape index (κ1) is 12.8. The minimum absolute atomic E-state index is 0.160. The number of anilines is 1. The molecule has 0 fully saturated rings. The highest BCUT2D eigenvalue weighted by Crippen LogP contribution is 2.21. The largest absolute Gasteiger partial charge is 0.368 e. The molecule has 1 heterocycles. The zero-order chi connectivity index (χ0) is 13.8. The monoisotopic (exact) mass is 259 g/mol. The van der Waals surface area contributed by atoms with Gasteiger partial charge in [-0.1, -0.05) is 18.2 Å². The minimum atomic E-state index is -0.619. The molecule has 1 aromatic heterocycles. The maximum atomic E-state index is 11.8. The van der Waals surface area contributed by atoms with Gasteiger partial charge in [0.2, 0.25) is 5.91 Å². The van der Waals surface area contributed by atoms with Crippen molar-refractivity contribution >= 4 is 28.4 Å². The van der Waals surface area contributed by atoms with E-state index in [2.05, 4.69) is 15.7 Å². The number of hydrogen-bond acceptors (Lipinski definition) is 5. The molecule has 2 amide bonds. The van der Waals surface area contributed by atoms with Crippen molar-refractivity contribution in [3.05, 3.63) is 36.0 Å². The van der Waals surface area contributed by atoms with Gasteiger partial charge in [0.15, 0.2) is 0 Å². The second kappa shape index (κ2) is 5.32. The van der Waals surface area contributed by atoms with E-state index in [0.29, 0.717) is 11.2 Å². The summed E-state index contributed by atoms with van der Waals surface area (Å²) >= 11 is 0. The smallest absolute Gasteiger partial charge is 0.270 e. The van der Waals surface area contributed by atoms with E-state index in [1.54, 1.807) is 12.1 Å². The fourth-order valence-corrected chi connectivity index (χ4v) is 1.67. The third-order valence-electron chi connectivity index (χ3n) is 2.53. The van der Waals surface area contributed by atoms with Crippen molar-refractivity contribution in [2.45, 2.75) is 0 Å². The van der Waals surface area contributed by atoms with Crippen molar-refractivity contribution in [3.63, 3.8) is 0 Å². The Labute approximate surface area is 109 Å². The molecule has 98 valence electrons. The number of carbonyl (C=O) groups excluding carboxylic acids is 2. The maximum absolute atomic E-state index is 11.8. The molecule has 19 heavy (non-hydrogen) atoms. The second-order valence-corrected chi connectivity index (χ2v) is 3.87. The summed E-state index contributed by atoms with van der Waals surface area (Å²) < 4.78 is 0. The van der Waals surface area contributed by atoms with Crippen molar-refractivity contribution in [2.24, 2.45) is 11.6 Å². The predicted molar refractivity (Wildman–Crippen MR) is 71.1 cm³/mol. The topological polar surface area (TPSA) is 123 Å². The van der Waals surface area contributed by atoms with Crippen LogP contribution in [0.3, 0.4) is 0 Å². The summed E-state index contributed by atoms with van der Waals surface area (Å²) in [7, 11) is 0. The van der Waals surface area contributed by atoms with E-state index >= 15 is 0 Å². The average Bonchev–Trinajstić information content (AvgIpc) is 2.43. The fourth-order valence-electron chi connectivity index (χ4n) is 1.67. The van der Waals surface area contributed by atoms with Crippen LogP contribution in [0.1, 0.15) is 10.5 Å². The van der Waals surface area contributed by atoms with E-state index in [9.17, 15) is 9.59 Å². The lowest BCUT2D eigenvalue weighted by Gasteiger charge is -2.08. The van der Waals surface area contributed by atoms with Gasteiger partial charge in [0.1, 0.15) is 5.69 Å². The Morgan fingerprint density at radius 1 is 1.26 bits per heavy atom. The summed E-state index contributed by atoms with van der Waals surface area (Å²) in [6.07, 6.45) is 0. The SMILES string of the molecule is NNc1cc(C(=O)NCC(N)=O)nc2ccccc12.